The molecule has 4 heteroatoms. The molecule has 3 nitrogen and oxygen atoms in total. The largest absolute Gasteiger partial charge is 0.492 e. The molecule has 0 unspecified atom stereocenters. The smallest absolute Gasteiger partial charge is 0.336 e. The molecule has 0 fully saturated rings. The summed E-state index contributed by atoms with van der Waals surface area (Å²) >= 11 is 6.16. The van der Waals surface area contributed by atoms with Gasteiger partial charge in [-0.05, 0) is 24.5 Å². The molecule has 96 valence electrons. The van der Waals surface area contributed by atoms with E-state index < -0.39 is 0 Å². The lowest BCUT2D eigenvalue weighted by Gasteiger charge is -2.09. The minimum Gasteiger partial charge on any atom is -0.492 e. The summed E-state index contributed by atoms with van der Waals surface area (Å²) in [7, 11) is 0. The van der Waals surface area contributed by atoms with Crippen molar-refractivity contribution in [3.05, 3.63) is 39.2 Å². The molecule has 0 spiro atoms. The Morgan fingerprint density at radius 1 is 1.28 bits per heavy atom. The van der Waals surface area contributed by atoms with Gasteiger partial charge >= 0.3 is 5.63 Å². The zero-order valence-electron chi connectivity index (χ0n) is 10.5. The maximum absolute atomic E-state index is 11.4. The van der Waals surface area contributed by atoms with Crippen LogP contribution in [0.25, 0.3) is 11.0 Å². The quantitative estimate of drug-likeness (QED) is 0.790. The Morgan fingerprint density at radius 2 is 2.06 bits per heavy atom. The monoisotopic (exact) mass is 266 g/mol. The van der Waals surface area contributed by atoms with E-state index in [0.29, 0.717) is 23.0 Å². The van der Waals surface area contributed by atoms with Crippen LogP contribution in [0.5, 0.6) is 5.75 Å². The van der Waals surface area contributed by atoms with Crippen molar-refractivity contribution in [2.24, 2.45) is 0 Å². The van der Waals surface area contributed by atoms with E-state index in [1.54, 1.807) is 12.1 Å². The fourth-order valence-electron chi connectivity index (χ4n) is 1.84. The summed E-state index contributed by atoms with van der Waals surface area (Å²) in [5.41, 5.74) is 1.11. The summed E-state index contributed by atoms with van der Waals surface area (Å²) in [4.78, 5) is 11.4. The Hall–Kier alpha value is -1.48. The highest BCUT2D eigenvalue weighted by molar-refractivity contribution is 6.32. The van der Waals surface area contributed by atoms with Crippen LogP contribution < -0.4 is 10.4 Å². The number of halogens is 1. The molecule has 0 radical (unpaired) electrons. The van der Waals surface area contributed by atoms with Gasteiger partial charge < -0.3 is 9.15 Å². The number of fused-ring (bicyclic) bond motifs is 1. The van der Waals surface area contributed by atoms with Crippen LogP contribution in [-0.4, -0.2) is 6.61 Å². The predicted octanol–water partition coefficient (Wildman–Crippen LogP) is 3.80. The third-order valence-electron chi connectivity index (χ3n) is 2.73. The first kappa shape index (κ1) is 13.0. The van der Waals surface area contributed by atoms with E-state index in [9.17, 15) is 4.79 Å². The SMILES string of the molecule is CCCOc1cc2oc(=O)cc(CC)c2cc1Cl. The van der Waals surface area contributed by atoms with E-state index in [-0.39, 0.29) is 5.63 Å². The Balaban J connectivity index is 2.60. The number of hydrogen-bond acceptors (Lipinski definition) is 3. The van der Waals surface area contributed by atoms with E-state index in [1.165, 1.54) is 6.07 Å². The second kappa shape index (κ2) is 5.44. The molecule has 1 aromatic carbocycles. The normalized spacial score (nSPS) is 10.8. The van der Waals surface area contributed by atoms with Gasteiger partial charge in [-0.25, -0.2) is 4.79 Å². The zero-order chi connectivity index (χ0) is 13.1. The second-order valence-corrected chi connectivity index (χ2v) is 4.48. The van der Waals surface area contributed by atoms with E-state index in [1.807, 2.05) is 13.8 Å². The molecule has 0 N–H and O–H groups in total. The molecule has 0 aliphatic rings. The molecule has 1 heterocycles. The molecular weight excluding hydrogens is 252 g/mol. The summed E-state index contributed by atoms with van der Waals surface area (Å²) in [6, 6.07) is 4.99. The third kappa shape index (κ3) is 2.51. The van der Waals surface area contributed by atoms with Gasteiger partial charge in [0.25, 0.3) is 0 Å². The molecular formula is C14H15ClO3. The topological polar surface area (TPSA) is 39.4 Å². The number of benzene rings is 1. The Kier molecular flexibility index (Phi) is 3.92. The van der Waals surface area contributed by atoms with Crippen molar-refractivity contribution in [2.45, 2.75) is 26.7 Å². The molecule has 0 amide bonds. The van der Waals surface area contributed by atoms with Crippen LogP contribution in [0.4, 0.5) is 0 Å². The molecule has 0 aliphatic carbocycles. The van der Waals surface area contributed by atoms with Crippen molar-refractivity contribution in [1.29, 1.82) is 0 Å². The van der Waals surface area contributed by atoms with Gasteiger partial charge in [0.2, 0.25) is 0 Å². The minimum atomic E-state index is -0.344. The Bertz CT molecular complexity index is 616. The summed E-state index contributed by atoms with van der Waals surface area (Å²) in [5, 5.41) is 1.41. The molecule has 0 bridgehead atoms. The van der Waals surface area contributed by atoms with Gasteiger partial charge in [0.15, 0.2) is 0 Å². The third-order valence-corrected chi connectivity index (χ3v) is 3.02. The maximum Gasteiger partial charge on any atom is 0.336 e. The summed E-state index contributed by atoms with van der Waals surface area (Å²) < 4.78 is 10.7. The van der Waals surface area contributed by atoms with Gasteiger partial charge in [-0.15, -0.1) is 0 Å². The highest BCUT2D eigenvalue weighted by Gasteiger charge is 2.09. The van der Waals surface area contributed by atoms with Gasteiger partial charge in [0, 0.05) is 17.5 Å². The summed E-state index contributed by atoms with van der Waals surface area (Å²) in [5.74, 6) is 0.558. The van der Waals surface area contributed by atoms with Gasteiger partial charge in [0.05, 0.1) is 11.6 Å². The summed E-state index contributed by atoms with van der Waals surface area (Å²) in [6.45, 7) is 4.59. The standard InChI is InChI=1S/C14H15ClO3/c1-3-5-17-13-8-12-10(7-11(13)15)9(4-2)6-14(16)18-12/h6-8H,3-5H2,1-2H3. The van der Waals surface area contributed by atoms with E-state index in [0.717, 1.165) is 23.8 Å². The number of rotatable bonds is 4. The van der Waals surface area contributed by atoms with Crippen LogP contribution >= 0.6 is 11.6 Å². The van der Waals surface area contributed by atoms with Gasteiger partial charge in [-0.3, -0.25) is 0 Å². The predicted molar refractivity (Wildman–Crippen MR) is 72.7 cm³/mol. The molecule has 0 aliphatic heterocycles. The fraction of sp³-hybridized carbons (Fsp3) is 0.357. The summed E-state index contributed by atoms with van der Waals surface area (Å²) in [6.07, 6.45) is 1.65. The van der Waals surface area contributed by atoms with Crippen LogP contribution in [0.15, 0.2) is 27.4 Å². The van der Waals surface area contributed by atoms with E-state index >= 15 is 0 Å². The van der Waals surface area contributed by atoms with Crippen molar-refractivity contribution in [2.75, 3.05) is 6.61 Å². The lowest BCUT2D eigenvalue weighted by molar-refractivity contribution is 0.317. The van der Waals surface area contributed by atoms with Gasteiger partial charge in [0.1, 0.15) is 11.3 Å². The van der Waals surface area contributed by atoms with Crippen LogP contribution in [0.2, 0.25) is 5.02 Å². The molecule has 0 saturated heterocycles. The minimum absolute atomic E-state index is 0.344. The first-order valence-electron chi connectivity index (χ1n) is 6.04. The fourth-order valence-corrected chi connectivity index (χ4v) is 2.06. The molecule has 18 heavy (non-hydrogen) atoms. The highest BCUT2D eigenvalue weighted by Crippen LogP contribution is 2.31. The van der Waals surface area contributed by atoms with Crippen molar-refractivity contribution in [3.8, 4) is 5.75 Å². The Labute approximate surface area is 110 Å². The molecule has 0 saturated carbocycles. The van der Waals surface area contributed by atoms with Crippen molar-refractivity contribution in [3.63, 3.8) is 0 Å². The van der Waals surface area contributed by atoms with Crippen LogP contribution in [0.1, 0.15) is 25.8 Å². The molecule has 2 rings (SSSR count). The first-order chi connectivity index (χ1) is 8.65. The van der Waals surface area contributed by atoms with Gasteiger partial charge in [-0.1, -0.05) is 25.4 Å². The number of hydrogen-bond donors (Lipinski definition) is 0. The molecule has 1 aromatic heterocycles. The molecule has 2 aromatic rings. The zero-order valence-corrected chi connectivity index (χ0v) is 11.2. The highest BCUT2D eigenvalue weighted by atomic mass is 35.5. The average Bonchev–Trinajstić information content (AvgIpc) is 2.36. The van der Waals surface area contributed by atoms with Crippen LogP contribution in [0.3, 0.4) is 0 Å². The van der Waals surface area contributed by atoms with Crippen molar-refractivity contribution in [1.82, 2.24) is 0 Å². The second-order valence-electron chi connectivity index (χ2n) is 4.07. The first-order valence-corrected chi connectivity index (χ1v) is 6.42. The Morgan fingerprint density at radius 3 is 2.72 bits per heavy atom. The van der Waals surface area contributed by atoms with Crippen molar-refractivity contribution >= 4 is 22.6 Å². The molecule has 0 atom stereocenters. The van der Waals surface area contributed by atoms with Crippen molar-refractivity contribution < 1.29 is 9.15 Å². The lowest BCUT2D eigenvalue weighted by atomic mass is 10.1. The van der Waals surface area contributed by atoms with Crippen LogP contribution in [-0.2, 0) is 6.42 Å². The number of aryl methyl sites for hydroxylation is 1. The maximum atomic E-state index is 11.4. The van der Waals surface area contributed by atoms with Gasteiger partial charge in [-0.2, -0.15) is 0 Å². The van der Waals surface area contributed by atoms with E-state index in [4.69, 9.17) is 20.8 Å². The average molecular weight is 267 g/mol. The van der Waals surface area contributed by atoms with Crippen LogP contribution in [0, 0.1) is 0 Å². The number of ether oxygens (including phenoxy) is 1. The lowest BCUT2D eigenvalue weighted by Crippen LogP contribution is -2.01. The van der Waals surface area contributed by atoms with E-state index in [2.05, 4.69) is 0 Å².